The highest BCUT2D eigenvalue weighted by atomic mass is 79.9. The van der Waals surface area contributed by atoms with E-state index in [2.05, 4.69) is 22.9 Å². The number of ketones is 1. The zero-order chi connectivity index (χ0) is 18.0. The van der Waals surface area contributed by atoms with Crippen LogP contribution in [0.25, 0.3) is 0 Å². The fourth-order valence-electron chi connectivity index (χ4n) is 7.62. The number of hydrogen-bond donors (Lipinski definition) is 1. The van der Waals surface area contributed by atoms with Gasteiger partial charge in [0.2, 0.25) is 0 Å². The molecule has 4 fully saturated rings. The van der Waals surface area contributed by atoms with Gasteiger partial charge < -0.3 is 5.11 Å². The van der Waals surface area contributed by atoms with E-state index in [4.69, 9.17) is 0 Å². The van der Waals surface area contributed by atoms with Crippen LogP contribution in [0.5, 0.6) is 0 Å². The van der Waals surface area contributed by atoms with Gasteiger partial charge in [-0.15, -0.1) is 0 Å². The molecule has 0 aliphatic heterocycles. The summed E-state index contributed by atoms with van der Waals surface area (Å²) in [5, 5.41) is 10.9. The molecular formula is C21H32BrFO2. The van der Waals surface area contributed by atoms with Gasteiger partial charge in [0, 0.05) is 5.92 Å². The number of aliphatic hydroxyl groups is 1. The minimum atomic E-state index is -0.772. The second-order valence-corrected chi connectivity index (χ2v) is 10.6. The number of Topliss-reactive ketones (excluding diaryl/α,β-unsaturated/α-hetero) is 1. The second kappa shape index (κ2) is 6.29. The van der Waals surface area contributed by atoms with Crippen molar-refractivity contribution in [2.24, 2.45) is 40.9 Å². The first-order valence-corrected chi connectivity index (χ1v) is 11.3. The van der Waals surface area contributed by atoms with E-state index in [1.165, 1.54) is 0 Å². The number of hydrogen-bond acceptors (Lipinski definition) is 2. The summed E-state index contributed by atoms with van der Waals surface area (Å²) >= 11 is 3.37. The summed E-state index contributed by atoms with van der Waals surface area (Å²) in [5.41, 5.74) is -0.596. The van der Waals surface area contributed by atoms with E-state index in [1.807, 2.05) is 6.92 Å². The van der Waals surface area contributed by atoms with Crippen LogP contribution in [0.2, 0.25) is 0 Å². The predicted octanol–water partition coefficient (Wildman–Crippen LogP) is 4.92. The summed E-state index contributed by atoms with van der Waals surface area (Å²) in [6.07, 6.45) is 6.69. The normalized spacial score (nSPS) is 55.2. The Morgan fingerprint density at radius 3 is 2.48 bits per heavy atom. The summed E-state index contributed by atoms with van der Waals surface area (Å²) < 4.78 is 15.2. The van der Waals surface area contributed by atoms with Gasteiger partial charge in [-0.25, -0.2) is 4.39 Å². The highest BCUT2D eigenvalue weighted by molar-refractivity contribution is 9.09. The van der Waals surface area contributed by atoms with Crippen LogP contribution in [0.15, 0.2) is 0 Å². The SMILES string of the molecule is C[C@]1(O)CC[C@@H]2[C@H]3CC[C@]4(C)[C@@H](C(=O)CBr)CC[C@H]4[C@@H]3C[C@@H](F)[C@H]2C1. The van der Waals surface area contributed by atoms with E-state index in [9.17, 15) is 9.90 Å². The second-order valence-electron chi connectivity index (χ2n) is 10.0. The quantitative estimate of drug-likeness (QED) is 0.651. The number of carbonyl (C=O) groups excluding carboxylic acids is 1. The largest absolute Gasteiger partial charge is 0.390 e. The molecule has 4 aliphatic carbocycles. The average Bonchev–Trinajstić information content (AvgIpc) is 2.91. The van der Waals surface area contributed by atoms with Crippen molar-refractivity contribution in [1.29, 1.82) is 0 Å². The van der Waals surface area contributed by atoms with Crippen LogP contribution in [0, 0.1) is 40.9 Å². The molecule has 4 saturated carbocycles. The number of rotatable bonds is 2. The van der Waals surface area contributed by atoms with Crippen molar-refractivity contribution in [2.45, 2.75) is 77.0 Å². The number of alkyl halides is 2. The smallest absolute Gasteiger partial charge is 0.147 e. The van der Waals surface area contributed by atoms with Crippen LogP contribution < -0.4 is 0 Å². The van der Waals surface area contributed by atoms with Gasteiger partial charge in [-0.1, -0.05) is 22.9 Å². The maximum Gasteiger partial charge on any atom is 0.147 e. The molecule has 4 aliphatic rings. The maximum absolute atomic E-state index is 15.2. The third kappa shape index (κ3) is 2.85. The van der Waals surface area contributed by atoms with Crippen LogP contribution in [0.3, 0.4) is 0 Å². The summed E-state index contributed by atoms with van der Waals surface area (Å²) in [4.78, 5) is 12.4. The third-order valence-corrected chi connectivity index (χ3v) is 9.32. The highest BCUT2D eigenvalue weighted by Crippen LogP contribution is 2.65. The first-order chi connectivity index (χ1) is 11.8. The molecule has 9 atom stereocenters. The van der Waals surface area contributed by atoms with Crippen molar-refractivity contribution in [3.63, 3.8) is 0 Å². The van der Waals surface area contributed by atoms with Gasteiger partial charge >= 0.3 is 0 Å². The lowest BCUT2D eigenvalue weighted by atomic mass is 9.48. The lowest BCUT2D eigenvalue weighted by Gasteiger charge is -2.57. The summed E-state index contributed by atoms with van der Waals surface area (Å²) in [5.74, 6) is 2.60. The van der Waals surface area contributed by atoms with E-state index in [0.717, 1.165) is 38.5 Å². The lowest BCUT2D eigenvalue weighted by molar-refractivity contribution is -0.137. The molecule has 4 heteroatoms. The van der Waals surface area contributed by atoms with Gasteiger partial charge in [0.15, 0.2) is 0 Å². The Balaban J connectivity index is 1.58. The van der Waals surface area contributed by atoms with Crippen LogP contribution in [-0.2, 0) is 4.79 Å². The van der Waals surface area contributed by atoms with Gasteiger partial charge in [-0.2, -0.15) is 0 Å². The predicted molar refractivity (Wildman–Crippen MR) is 100 cm³/mol. The first-order valence-electron chi connectivity index (χ1n) is 10.2. The Kier molecular flexibility index (Phi) is 4.63. The molecule has 2 nitrogen and oxygen atoms in total. The minimum absolute atomic E-state index is 0.0516. The molecule has 0 spiro atoms. The molecule has 0 aromatic heterocycles. The summed E-state index contributed by atoms with van der Waals surface area (Å²) in [6, 6.07) is 0. The topological polar surface area (TPSA) is 37.3 Å². The van der Waals surface area contributed by atoms with E-state index in [1.54, 1.807) is 0 Å². The van der Waals surface area contributed by atoms with Crippen LogP contribution in [0.4, 0.5) is 4.39 Å². The van der Waals surface area contributed by atoms with E-state index >= 15 is 4.39 Å². The zero-order valence-electron chi connectivity index (χ0n) is 15.5. The van der Waals surface area contributed by atoms with Gasteiger partial charge in [0.05, 0.1) is 10.9 Å². The number of fused-ring (bicyclic) bond motifs is 5. The van der Waals surface area contributed by atoms with Crippen molar-refractivity contribution < 1.29 is 14.3 Å². The Morgan fingerprint density at radius 1 is 1.08 bits per heavy atom. The molecule has 0 amide bonds. The summed E-state index contributed by atoms with van der Waals surface area (Å²) in [7, 11) is 0. The molecule has 0 heterocycles. The Morgan fingerprint density at radius 2 is 1.76 bits per heavy atom. The lowest BCUT2D eigenvalue weighted by Crippen LogP contribution is -2.54. The van der Waals surface area contributed by atoms with Crippen LogP contribution >= 0.6 is 15.9 Å². The molecule has 1 N–H and O–H groups in total. The fraction of sp³-hybridized carbons (Fsp3) is 0.952. The van der Waals surface area contributed by atoms with Crippen molar-refractivity contribution in [2.75, 3.05) is 5.33 Å². The van der Waals surface area contributed by atoms with Crippen molar-refractivity contribution in [1.82, 2.24) is 0 Å². The van der Waals surface area contributed by atoms with Gasteiger partial charge in [-0.3, -0.25) is 4.79 Å². The van der Waals surface area contributed by atoms with Gasteiger partial charge in [0.1, 0.15) is 12.0 Å². The van der Waals surface area contributed by atoms with Gasteiger partial charge in [0.25, 0.3) is 0 Å². The van der Waals surface area contributed by atoms with E-state index < -0.39 is 11.8 Å². The number of carbonyl (C=O) groups is 1. The van der Waals surface area contributed by atoms with Crippen molar-refractivity contribution in [3.8, 4) is 0 Å². The molecule has 0 bridgehead atoms. The maximum atomic E-state index is 15.2. The van der Waals surface area contributed by atoms with Gasteiger partial charge in [-0.05, 0) is 93.3 Å². The minimum Gasteiger partial charge on any atom is -0.390 e. The van der Waals surface area contributed by atoms with E-state index in [-0.39, 0.29) is 17.3 Å². The average molecular weight is 415 g/mol. The Labute approximate surface area is 159 Å². The zero-order valence-corrected chi connectivity index (χ0v) is 17.1. The third-order valence-electron chi connectivity index (χ3n) is 8.77. The molecule has 0 aromatic rings. The molecule has 4 rings (SSSR count). The molecule has 0 saturated heterocycles. The van der Waals surface area contributed by atoms with Crippen molar-refractivity contribution >= 4 is 21.7 Å². The van der Waals surface area contributed by atoms with E-state index in [0.29, 0.717) is 47.6 Å². The molecule has 25 heavy (non-hydrogen) atoms. The van der Waals surface area contributed by atoms with Crippen LogP contribution in [0.1, 0.15) is 65.2 Å². The summed E-state index contributed by atoms with van der Waals surface area (Å²) in [6.45, 7) is 4.20. The molecule has 0 unspecified atom stereocenters. The molecular weight excluding hydrogens is 383 g/mol. The molecule has 0 radical (unpaired) electrons. The first kappa shape index (κ1) is 18.4. The standard InChI is InChI=1S/C21H32BrFO2/c1-20(25)7-5-13-12-6-8-21(2)16(3-4-17(21)19(24)11-22)14(12)9-18(23)15(13)10-20/h12-18,25H,3-11H2,1-2H3/t12-,13-,14-,15+,16+,17-,18-,20+,21+/m1/s1. The van der Waals surface area contributed by atoms with Crippen molar-refractivity contribution in [3.05, 3.63) is 0 Å². The Hall–Kier alpha value is 0.0400. The number of halogens is 2. The van der Waals surface area contributed by atoms with Crippen LogP contribution in [-0.4, -0.2) is 28.0 Å². The monoisotopic (exact) mass is 414 g/mol. The highest BCUT2D eigenvalue weighted by Gasteiger charge is 2.60. The fourth-order valence-corrected chi connectivity index (χ4v) is 8.02. The molecule has 142 valence electrons. The molecule has 0 aromatic carbocycles. The Bertz CT molecular complexity index is 550.